The number of halogens is 1. The molecule has 0 aliphatic rings. The molecular weight excluding hydrogens is 222 g/mol. The fraction of sp³-hybridized carbons (Fsp3) is 0.0769. The lowest BCUT2D eigenvalue weighted by Gasteiger charge is -2.05. The van der Waals surface area contributed by atoms with Crippen LogP contribution in [0, 0.1) is 0 Å². The van der Waals surface area contributed by atoms with Gasteiger partial charge in [-0.2, -0.15) is 0 Å². The standard InChI is InChI=1S/C13H13NO.ClH/c14-12-6-8-13(9-7-12)15-10-11-4-2-1-3-5-11;/h1-9H,10,14H2;1H/p-1. The Hall–Kier alpha value is -1.67. The molecule has 0 aromatic heterocycles. The molecule has 0 heterocycles. The van der Waals surface area contributed by atoms with Crippen LogP contribution < -0.4 is 22.9 Å². The van der Waals surface area contributed by atoms with Crippen LogP contribution in [0.3, 0.4) is 0 Å². The van der Waals surface area contributed by atoms with E-state index in [0.29, 0.717) is 6.61 Å². The molecule has 0 atom stereocenters. The van der Waals surface area contributed by atoms with E-state index >= 15 is 0 Å². The molecule has 2 aromatic carbocycles. The monoisotopic (exact) mass is 234 g/mol. The molecule has 3 heteroatoms. The van der Waals surface area contributed by atoms with Crippen molar-refractivity contribution in [3.63, 3.8) is 0 Å². The molecule has 84 valence electrons. The Kier molecular flexibility index (Phi) is 4.67. The molecule has 2 N–H and O–H groups in total. The number of hydrogen-bond acceptors (Lipinski definition) is 2. The van der Waals surface area contributed by atoms with Crippen molar-refractivity contribution >= 4 is 5.69 Å². The van der Waals surface area contributed by atoms with Crippen molar-refractivity contribution in [2.24, 2.45) is 0 Å². The Labute approximate surface area is 101 Å². The van der Waals surface area contributed by atoms with Gasteiger partial charge in [0.25, 0.3) is 0 Å². The Balaban J connectivity index is 0.00000128. The number of nitrogens with two attached hydrogens (primary N) is 1. The summed E-state index contributed by atoms with van der Waals surface area (Å²) in [4.78, 5) is 0. The molecule has 0 saturated heterocycles. The molecule has 0 aliphatic carbocycles. The zero-order chi connectivity index (χ0) is 10.5. The third kappa shape index (κ3) is 3.48. The molecule has 0 spiro atoms. The second-order valence-electron chi connectivity index (χ2n) is 3.34. The smallest absolute Gasteiger partial charge is 0.119 e. The first kappa shape index (κ1) is 12.4. The van der Waals surface area contributed by atoms with Crippen molar-refractivity contribution in [2.45, 2.75) is 6.61 Å². The minimum atomic E-state index is 0. The van der Waals surface area contributed by atoms with Crippen LogP contribution in [-0.4, -0.2) is 0 Å². The molecule has 0 bridgehead atoms. The van der Waals surface area contributed by atoms with Crippen LogP contribution in [0.1, 0.15) is 5.56 Å². The molecule has 16 heavy (non-hydrogen) atoms. The maximum atomic E-state index is 5.59. The lowest BCUT2D eigenvalue weighted by molar-refractivity contribution is -0.00000340. The van der Waals surface area contributed by atoms with Crippen LogP contribution in [0.15, 0.2) is 54.6 Å². The molecule has 0 unspecified atom stereocenters. The highest BCUT2D eigenvalue weighted by molar-refractivity contribution is 5.41. The molecule has 0 fully saturated rings. The SMILES string of the molecule is Nc1ccc(OCc2ccccc2)cc1.[Cl-]. The molecule has 0 aliphatic heterocycles. The summed E-state index contributed by atoms with van der Waals surface area (Å²) < 4.78 is 5.59. The van der Waals surface area contributed by atoms with Gasteiger partial charge >= 0.3 is 0 Å². The largest absolute Gasteiger partial charge is 1.00 e. The average Bonchev–Trinajstić information content (AvgIpc) is 2.30. The highest BCUT2D eigenvalue weighted by Gasteiger charge is 1.94. The normalized spacial score (nSPS) is 9.25. The van der Waals surface area contributed by atoms with Crippen LogP contribution in [0.2, 0.25) is 0 Å². The highest BCUT2D eigenvalue weighted by Crippen LogP contribution is 2.14. The Bertz CT molecular complexity index is 414. The third-order valence-electron chi connectivity index (χ3n) is 2.13. The summed E-state index contributed by atoms with van der Waals surface area (Å²) in [5.74, 6) is 0.841. The van der Waals surface area contributed by atoms with E-state index in [0.717, 1.165) is 17.0 Å². The second kappa shape index (κ2) is 6.03. The zero-order valence-electron chi connectivity index (χ0n) is 8.77. The quantitative estimate of drug-likeness (QED) is 0.750. The van der Waals surface area contributed by atoms with Crippen molar-refractivity contribution < 1.29 is 17.1 Å². The van der Waals surface area contributed by atoms with Gasteiger partial charge in [0, 0.05) is 5.69 Å². The van der Waals surface area contributed by atoms with E-state index in [4.69, 9.17) is 10.5 Å². The molecule has 2 aromatic rings. The number of ether oxygens (including phenoxy) is 1. The predicted molar refractivity (Wildman–Crippen MR) is 61.6 cm³/mol. The van der Waals surface area contributed by atoms with Gasteiger partial charge in [-0.25, -0.2) is 0 Å². The third-order valence-corrected chi connectivity index (χ3v) is 2.13. The van der Waals surface area contributed by atoms with Gasteiger partial charge in [-0.15, -0.1) is 0 Å². The van der Waals surface area contributed by atoms with Crippen LogP contribution >= 0.6 is 0 Å². The molecule has 2 rings (SSSR count). The summed E-state index contributed by atoms with van der Waals surface area (Å²) in [6, 6.07) is 17.5. The van der Waals surface area contributed by atoms with E-state index in [1.165, 1.54) is 0 Å². The fourth-order valence-electron chi connectivity index (χ4n) is 1.30. The Morgan fingerprint density at radius 1 is 0.875 bits per heavy atom. The first-order valence-corrected chi connectivity index (χ1v) is 4.87. The van der Waals surface area contributed by atoms with Crippen LogP contribution in [0.4, 0.5) is 5.69 Å². The number of rotatable bonds is 3. The number of nitrogen functional groups attached to an aromatic ring is 1. The number of benzene rings is 2. The second-order valence-corrected chi connectivity index (χ2v) is 3.34. The van der Waals surface area contributed by atoms with E-state index in [-0.39, 0.29) is 12.4 Å². The zero-order valence-corrected chi connectivity index (χ0v) is 9.52. The van der Waals surface area contributed by atoms with E-state index in [2.05, 4.69) is 0 Å². The lowest BCUT2D eigenvalue weighted by atomic mass is 10.2. The average molecular weight is 235 g/mol. The summed E-state index contributed by atoms with van der Waals surface area (Å²) in [5, 5.41) is 0. The van der Waals surface area contributed by atoms with E-state index in [1.807, 2.05) is 54.6 Å². The van der Waals surface area contributed by atoms with Gasteiger partial charge in [-0.1, -0.05) is 30.3 Å². The fourth-order valence-corrected chi connectivity index (χ4v) is 1.30. The summed E-state index contributed by atoms with van der Waals surface area (Å²) in [5.41, 5.74) is 7.49. The maximum absolute atomic E-state index is 5.59. The van der Waals surface area contributed by atoms with Gasteiger partial charge in [-0.3, -0.25) is 0 Å². The molecule has 0 saturated carbocycles. The van der Waals surface area contributed by atoms with Crippen LogP contribution in [0.25, 0.3) is 0 Å². The van der Waals surface area contributed by atoms with Gasteiger partial charge in [0.15, 0.2) is 0 Å². The van der Waals surface area contributed by atoms with Crippen LogP contribution in [-0.2, 0) is 6.61 Å². The van der Waals surface area contributed by atoms with Crippen molar-refractivity contribution in [1.29, 1.82) is 0 Å². The minimum Gasteiger partial charge on any atom is -1.00 e. The first-order valence-electron chi connectivity index (χ1n) is 4.87. The Morgan fingerprint density at radius 3 is 2.12 bits per heavy atom. The maximum Gasteiger partial charge on any atom is 0.119 e. The molecule has 0 amide bonds. The lowest BCUT2D eigenvalue weighted by Crippen LogP contribution is -3.00. The van der Waals surface area contributed by atoms with Gasteiger partial charge in [-0.05, 0) is 29.8 Å². The summed E-state index contributed by atoms with van der Waals surface area (Å²) in [6.45, 7) is 0.588. The number of anilines is 1. The minimum absolute atomic E-state index is 0. The van der Waals surface area contributed by atoms with E-state index in [9.17, 15) is 0 Å². The summed E-state index contributed by atoms with van der Waals surface area (Å²) in [6.07, 6.45) is 0. The summed E-state index contributed by atoms with van der Waals surface area (Å²) >= 11 is 0. The van der Waals surface area contributed by atoms with Gasteiger partial charge in [0.1, 0.15) is 12.4 Å². The van der Waals surface area contributed by atoms with Crippen molar-refractivity contribution in [1.82, 2.24) is 0 Å². The first-order chi connectivity index (χ1) is 7.34. The Morgan fingerprint density at radius 2 is 1.50 bits per heavy atom. The van der Waals surface area contributed by atoms with Crippen LogP contribution in [0.5, 0.6) is 5.75 Å². The van der Waals surface area contributed by atoms with Gasteiger partial charge in [0.05, 0.1) is 0 Å². The van der Waals surface area contributed by atoms with Crippen molar-refractivity contribution in [3.8, 4) is 5.75 Å². The van der Waals surface area contributed by atoms with Gasteiger partial charge < -0.3 is 22.9 Å². The summed E-state index contributed by atoms with van der Waals surface area (Å²) in [7, 11) is 0. The van der Waals surface area contributed by atoms with Crippen molar-refractivity contribution in [3.05, 3.63) is 60.2 Å². The molecule has 2 nitrogen and oxygen atoms in total. The van der Waals surface area contributed by atoms with Crippen molar-refractivity contribution in [2.75, 3.05) is 5.73 Å². The van der Waals surface area contributed by atoms with E-state index in [1.54, 1.807) is 0 Å². The van der Waals surface area contributed by atoms with E-state index < -0.39 is 0 Å². The molecular formula is C13H13ClNO-. The predicted octanol–water partition coefficient (Wildman–Crippen LogP) is -0.148. The topological polar surface area (TPSA) is 35.2 Å². The number of hydrogen-bond donors (Lipinski definition) is 1. The van der Waals surface area contributed by atoms with Gasteiger partial charge in [0.2, 0.25) is 0 Å². The molecule has 0 radical (unpaired) electrons. The highest BCUT2D eigenvalue weighted by atomic mass is 35.5.